The van der Waals surface area contributed by atoms with E-state index in [1.807, 2.05) is 31.2 Å². The van der Waals surface area contributed by atoms with Crippen LogP contribution in [0.2, 0.25) is 0 Å². The van der Waals surface area contributed by atoms with E-state index in [9.17, 15) is 0 Å². The first-order chi connectivity index (χ1) is 6.24. The highest BCUT2D eigenvalue weighted by atomic mass is 79.9. The van der Waals surface area contributed by atoms with Crippen LogP contribution in [0.15, 0.2) is 28.7 Å². The van der Waals surface area contributed by atoms with Gasteiger partial charge in [-0.2, -0.15) is 0 Å². The molecule has 2 nitrogen and oxygen atoms in total. The molecule has 0 radical (unpaired) electrons. The number of benzene rings is 1. The van der Waals surface area contributed by atoms with E-state index in [0.29, 0.717) is 5.11 Å². The number of thiocarbonyl (C=S) groups is 1. The lowest BCUT2D eigenvalue weighted by molar-refractivity contribution is 0.979. The maximum absolute atomic E-state index is 5.05. The normalized spacial score (nSPS) is 9.38. The first-order valence-corrected chi connectivity index (χ1v) is 5.23. The van der Waals surface area contributed by atoms with Gasteiger partial charge < -0.3 is 10.6 Å². The summed E-state index contributed by atoms with van der Waals surface area (Å²) in [4.78, 5) is 0. The molecule has 0 aliphatic carbocycles. The average molecular weight is 259 g/mol. The summed E-state index contributed by atoms with van der Waals surface area (Å²) in [5.74, 6) is 0. The zero-order valence-corrected chi connectivity index (χ0v) is 9.71. The summed E-state index contributed by atoms with van der Waals surface area (Å²) in [6.07, 6.45) is 0. The largest absolute Gasteiger partial charge is 0.363 e. The number of hydrogen-bond acceptors (Lipinski definition) is 1. The third-order valence-electron chi connectivity index (χ3n) is 1.46. The Morgan fingerprint density at radius 3 is 2.77 bits per heavy atom. The molecule has 0 amide bonds. The van der Waals surface area contributed by atoms with Crippen molar-refractivity contribution < 1.29 is 0 Å². The molecule has 0 atom stereocenters. The summed E-state index contributed by atoms with van der Waals surface area (Å²) in [7, 11) is 0. The third kappa shape index (κ3) is 3.32. The van der Waals surface area contributed by atoms with E-state index < -0.39 is 0 Å². The predicted octanol–water partition coefficient (Wildman–Crippen LogP) is 2.76. The van der Waals surface area contributed by atoms with E-state index in [1.54, 1.807) is 0 Å². The molecule has 13 heavy (non-hydrogen) atoms. The molecule has 1 rings (SSSR count). The van der Waals surface area contributed by atoms with Gasteiger partial charge >= 0.3 is 0 Å². The van der Waals surface area contributed by atoms with Crippen molar-refractivity contribution in [1.82, 2.24) is 5.32 Å². The summed E-state index contributed by atoms with van der Waals surface area (Å²) >= 11 is 8.48. The Balaban J connectivity index is 2.63. The topological polar surface area (TPSA) is 24.1 Å². The van der Waals surface area contributed by atoms with Gasteiger partial charge in [-0.1, -0.05) is 12.1 Å². The summed E-state index contributed by atoms with van der Waals surface area (Å²) in [6.45, 7) is 2.84. The van der Waals surface area contributed by atoms with Gasteiger partial charge in [0.05, 0.1) is 5.69 Å². The first-order valence-electron chi connectivity index (χ1n) is 4.03. The van der Waals surface area contributed by atoms with E-state index in [1.165, 1.54) is 0 Å². The van der Waals surface area contributed by atoms with Gasteiger partial charge in [0.2, 0.25) is 0 Å². The zero-order chi connectivity index (χ0) is 9.68. The van der Waals surface area contributed by atoms with E-state index in [0.717, 1.165) is 16.7 Å². The van der Waals surface area contributed by atoms with Crippen molar-refractivity contribution in [3.63, 3.8) is 0 Å². The molecule has 0 spiro atoms. The second kappa shape index (κ2) is 5.19. The molecular weight excluding hydrogens is 248 g/mol. The fourth-order valence-corrected chi connectivity index (χ4v) is 1.53. The summed E-state index contributed by atoms with van der Waals surface area (Å²) in [5.41, 5.74) is 0.980. The van der Waals surface area contributed by atoms with Crippen LogP contribution in [0.25, 0.3) is 0 Å². The fourth-order valence-electron chi connectivity index (χ4n) is 0.890. The van der Waals surface area contributed by atoms with Gasteiger partial charge in [-0.05, 0) is 47.2 Å². The SMILES string of the molecule is CCNC(=S)Nc1ccccc1Br. The molecule has 2 N–H and O–H groups in total. The second-order valence-electron chi connectivity index (χ2n) is 2.46. The molecule has 1 aromatic rings. The van der Waals surface area contributed by atoms with E-state index in [4.69, 9.17) is 12.2 Å². The number of anilines is 1. The van der Waals surface area contributed by atoms with Crippen molar-refractivity contribution in [2.24, 2.45) is 0 Å². The first kappa shape index (κ1) is 10.5. The van der Waals surface area contributed by atoms with Crippen molar-refractivity contribution in [3.8, 4) is 0 Å². The van der Waals surface area contributed by atoms with Crippen LogP contribution in [0.1, 0.15) is 6.92 Å². The van der Waals surface area contributed by atoms with Gasteiger partial charge in [-0.15, -0.1) is 0 Å². The Bertz CT molecular complexity index is 301. The van der Waals surface area contributed by atoms with Crippen molar-refractivity contribution in [2.45, 2.75) is 6.92 Å². The minimum Gasteiger partial charge on any atom is -0.363 e. The molecule has 0 aliphatic heterocycles. The van der Waals surface area contributed by atoms with Gasteiger partial charge in [0.15, 0.2) is 5.11 Å². The molecule has 0 bridgehead atoms. The lowest BCUT2D eigenvalue weighted by atomic mass is 10.3. The van der Waals surface area contributed by atoms with E-state index in [-0.39, 0.29) is 0 Å². The zero-order valence-electron chi connectivity index (χ0n) is 7.30. The van der Waals surface area contributed by atoms with E-state index in [2.05, 4.69) is 26.6 Å². The Hall–Kier alpha value is -0.610. The summed E-state index contributed by atoms with van der Waals surface area (Å²) in [5, 5.41) is 6.75. The van der Waals surface area contributed by atoms with Crippen molar-refractivity contribution in [2.75, 3.05) is 11.9 Å². The lowest BCUT2D eigenvalue weighted by Crippen LogP contribution is -2.27. The molecular formula is C9H11BrN2S. The Labute approximate surface area is 91.9 Å². The van der Waals surface area contributed by atoms with Crippen molar-refractivity contribution in [1.29, 1.82) is 0 Å². The number of nitrogens with one attached hydrogen (secondary N) is 2. The quantitative estimate of drug-likeness (QED) is 0.798. The molecule has 0 saturated heterocycles. The fraction of sp³-hybridized carbons (Fsp3) is 0.222. The summed E-state index contributed by atoms with van der Waals surface area (Å²) in [6, 6.07) is 7.86. The number of hydrogen-bond donors (Lipinski definition) is 2. The van der Waals surface area contributed by atoms with Gasteiger partial charge in [0, 0.05) is 11.0 Å². The minimum absolute atomic E-state index is 0.648. The van der Waals surface area contributed by atoms with Crippen molar-refractivity contribution in [3.05, 3.63) is 28.7 Å². The highest BCUT2D eigenvalue weighted by molar-refractivity contribution is 9.10. The highest BCUT2D eigenvalue weighted by Gasteiger charge is 1.98. The summed E-state index contributed by atoms with van der Waals surface area (Å²) < 4.78 is 1.01. The molecule has 0 unspecified atom stereocenters. The van der Waals surface area contributed by atoms with Crippen LogP contribution < -0.4 is 10.6 Å². The molecule has 70 valence electrons. The Kier molecular flexibility index (Phi) is 4.18. The minimum atomic E-state index is 0.648. The van der Waals surface area contributed by atoms with Crippen LogP contribution >= 0.6 is 28.1 Å². The van der Waals surface area contributed by atoms with Gasteiger partial charge in [-0.25, -0.2) is 0 Å². The third-order valence-corrected chi connectivity index (χ3v) is 2.40. The Morgan fingerprint density at radius 2 is 2.15 bits per heavy atom. The number of halogens is 1. The number of rotatable bonds is 2. The molecule has 0 fully saturated rings. The molecule has 1 aromatic carbocycles. The van der Waals surface area contributed by atoms with E-state index >= 15 is 0 Å². The highest BCUT2D eigenvalue weighted by Crippen LogP contribution is 2.20. The molecule has 0 heterocycles. The van der Waals surface area contributed by atoms with Crippen LogP contribution in [0.4, 0.5) is 5.69 Å². The van der Waals surface area contributed by atoms with Gasteiger partial charge in [-0.3, -0.25) is 0 Å². The predicted molar refractivity (Wildman–Crippen MR) is 64.0 cm³/mol. The van der Waals surface area contributed by atoms with Crippen LogP contribution in [0, 0.1) is 0 Å². The lowest BCUT2D eigenvalue weighted by Gasteiger charge is -2.09. The van der Waals surface area contributed by atoms with Gasteiger partial charge in [0.1, 0.15) is 0 Å². The van der Waals surface area contributed by atoms with Crippen molar-refractivity contribution >= 4 is 38.9 Å². The molecule has 4 heteroatoms. The standard InChI is InChI=1S/C9H11BrN2S/c1-2-11-9(13)12-8-6-4-3-5-7(8)10/h3-6H,2H2,1H3,(H2,11,12,13). The molecule has 0 saturated carbocycles. The average Bonchev–Trinajstić information content (AvgIpc) is 2.09. The maximum atomic E-state index is 5.05. The number of para-hydroxylation sites is 1. The van der Waals surface area contributed by atoms with Gasteiger partial charge in [0.25, 0.3) is 0 Å². The molecule has 0 aliphatic rings. The monoisotopic (exact) mass is 258 g/mol. The molecule has 0 aromatic heterocycles. The van der Waals surface area contributed by atoms with Crippen LogP contribution in [-0.2, 0) is 0 Å². The second-order valence-corrected chi connectivity index (χ2v) is 3.73. The maximum Gasteiger partial charge on any atom is 0.170 e. The Morgan fingerprint density at radius 1 is 1.46 bits per heavy atom. The van der Waals surface area contributed by atoms with Crippen LogP contribution in [0.3, 0.4) is 0 Å². The van der Waals surface area contributed by atoms with Crippen LogP contribution in [0.5, 0.6) is 0 Å². The smallest absolute Gasteiger partial charge is 0.170 e. The van der Waals surface area contributed by atoms with Crippen LogP contribution in [-0.4, -0.2) is 11.7 Å².